The molecule has 0 saturated heterocycles. The third-order valence-corrected chi connectivity index (χ3v) is 2.86. The quantitative estimate of drug-likeness (QED) is 0.325. The van der Waals surface area contributed by atoms with Gasteiger partial charge in [0.1, 0.15) is 18.3 Å². The Labute approximate surface area is 111 Å². The minimum atomic E-state index is -2.25. The van der Waals surface area contributed by atoms with Gasteiger partial charge in [0, 0.05) is 6.42 Å². The van der Waals surface area contributed by atoms with Crippen LogP contribution in [-0.4, -0.2) is 61.7 Å². The highest BCUT2D eigenvalue weighted by atomic mass is 16.4. The van der Waals surface area contributed by atoms with Crippen molar-refractivity contribution in [1.29, 1.82) is 0 Å². The van der Waals surface area contributed by atoms with Gasteiger partial charge in [0.15, 0.2) is 11.9 Å². The fourth-order valence-electron chi connectivity index (χ4n) is 1.58. The lowest BCUT2D eigenvalue weighted by atomic mass is 9.97. The number of unbranched alkanes of at least 4 members (excludes halogenated alkanes) is 3. The number of aliphatic hydroxyl groups excluding tert-OH is 4. The van der Waals surface area contributed by atoms with Crippen molar-refractivity contribution in [3.05, 3.63) is 0 Å². The van der Waals surface area contributed by atoms with E-state index in [1.54, 1.807) is 0 Å². The molecule has 0 aliphatic heterocycles. The molecule has 5 N–H and O–H groups in total. The van der Waals surface area contributed by atoms with Crippen LogP contribution in [0.2, 0.25) is 0 Å². The fourth-order valence-corrected chi connectivity index (χ4v) is 1.58. The van der Waals surface area contributed by atoms with Crippen LogP contribution in [0.25, 0.3) is 0 Å². The average Bonchev–Trinajstić information content (AvgIpc) is 2.39. The molecule has 0 aromatic carbocycles. The number of ketones is 1. The lowest BCUT2D eigenvalue weighted by Gasteiger charge is -2.23. The van der Waals surface area contributed by atoms with Gasteiger partial charge in [0.25, 0.3) is 0 Å². The van der Waals surface area contributed by atoms with Crippen molar-refractivity contribution in [2.45, 2.75) is 63.4 Å². The van der Waals surface area contributed by atoms with Crippen LogP contribution in [0.15, 0.2) is 0 Å². The zero-order chi connectivity index (χ0) is 15.0. The van der Waals surface area contributed by atoms with Gasteiger partial charge in [-0.3, -0.25) is 4.79 Å². The third-order valence-electron chi connectivity index (χ3n) is 2.86. The lowest BCUT2D eigenvalue weighted by Crippen LogP contribution is -2.50. The summed E-state index contributed by atoms with van der Waals surface area (Å²) in [6.45, 7) is 2.00. The van der Waals surface area contributed by atoms with E-state index in [1.807, 2.05) is 6.92 Å². The molecule has 0 spiro atoms. The molecule has 0 aliphatic rings. The maximum Gasteiger partial charge on any atom is 0.335 e. The summed E-state index contributed by atoms with van der Waals surface area (Å²) in [6, 6.07) is 0. The molecule has 0 rings (SSSR count). The molecule has 7 heteroatoms. The Hall–Kier alpha value is -1.02. The first-order valence-electron chi connectivity index (χ1n) is 6.30. The number of Topliss-reactive ketones (excluding diaryl/α,β-unsaturated/α-hetero) is 1. The number of hydrogen-bond acceptors (Lipinski definition) is 6. The summed E-state index contributed by atoms with van der Waals surface area (Å²) in [5.41, 5.74) is 0. The Morgan fingerprint density at radius 2 is 1.42 bits per heavy atom. The Kier molecular flexibility index (Phi) is 8.49. The molecule has 19 heavy (non-hydrogen) atoms. The van der Waals surface area contributed by atoms with Gasteiger partial charge in [-0.1, -0.05) is 26.2 Å². The highest BCUT2D eigenvalue weighted by molar-refractivity contribution is 5.83. The lowest BCUT2D eigenvalue weighted by molar-refractivity contribution is -0.165. The minimum absolute atomic E-state index is 0.0358. The monoisotopic (exact) mass is 278 g/mol. The molecule has 0 bridgehead atoms. The summed E-state index contributed by atoms with van der Waals surface area (Å²) >= 11 is 0. The van der Waals surface area contributed by atoms with Gasteiger partial charge >= 0.3 is 5.97 Å². The number of carbonyl (C=O) groups excluding carboxylic acids is 1. The molecule has 112 valence electrons. The van der Waals surface area contributed by atoms with Crippen molar-refractivity contribution in [2.75, 3.05) is 0 Å². The number of carboxylic acid groups (broad SMARTS) is 1. The first-order valence-corrected chi connectivity index (χ1v) is 6.30. The fraction of sp³-hybridized carbons (Fsp3) is 0.833. The molecule has 0 unspecified atom stereocenters. The summed E-state index contributed by atoms with van der Waals surface area (Å²) in [7, 11) is 0. The van der Waals surface area contributed by atoms with E-state index in [0.717, 1.165) is 19.3 Å². The van der Waals surface area contributed by atoms with Crippen LogP contribution in [0.4, 0.5) is 0 Å². The number of hydrogen-bond donors (Lipinski definition) is 5. The molecule has 0 aliphatic carbocycles. The summed E-state index contributed by atoms with van der Waals surface area (Å²) < 4.78 is 0. The summed E-state index contributed by atoms with van der Waals surface area (Å²) in [6.07, 6.45) is -4.96. The topological polar surface area (TPSA) is 135 Å². The van der Waals surface area contributed by atoms with Gasteiger partial charge < -0.3 is 25.5 Å². The minimum Gasteiger partial charge on any atom is -0.479 e. The third kappa shape index (κ3) is 6.11. The molecule has 0 aromatic rings. The molecular formula is C12H22O7. The molecule has 0 fully saturated rings. The maximum atomic E-state index is 11.5. The van der Waals surface area contributed by atoms with Gasteiger partial charge in [-0.25, -0.2) is 4.79 Å². The van der Waals surface area contributed by atoms with Crippen LogP contribution in [-0.2, 0) is 9.59 Å². The predicted molar refractivity (Wildman–Crippen MR) is 65.4 cm³/mol. The largest absolute Gasteiger partial charge is 0.479 e. The van der Waals surface area contributed by atoms with Gasteiger partial charge in [-0.15, -0.1) is 0 Å². The van der Waals surface area contributed by atoms with Gasteiger partial charge in [-0.05, 0) is 6.42 Å². The molecule has 4 atom stereocenters. The number of carboxylic acids is 1. The van der Waals surface area contributed by atoms with E-state index in [9.17, 15) is 24.9 Å². The van der Waals surface area contributed by atoms with Crippen molar-refractivity contribution in [3.63, 3.8) is 0 Å². The Morgan fingerprint density at radius 1 is 0.895 bits per heavy atom. The number of carbonyl (C=O) groups is 2. The first-order chi connectivity index (χ1) is 8.82. The average molecular weight is 278 g/mol. The molecule has 0 amide bonds. The van der Waals surface area contributed by atoms with Crippen LogP contribution in [0.3, 0.4) is 0 Å². The smallest absolute Gasteiger partial charge is 0.335 e. The van der Waals surface area contributed by atoms with E-state index in [0.29, 0.717) is 6.42 Å². The van der Waals surface area contributed by atoms with Crippen molar-refractivity contribution in [2.24, 2.45) is 0 Å². The van der Waals surface area contributed by atoms with Crippen molar-refractivity contribution in [3.8, 4) is 0 Å². The SMILES string of the molecule is CCCCCCC(=O)[C@H](O)[C@@H](O)[C@@H](O)[C@H](O)C(=O)O. The van der Waals surface area contributed by atoms with Crippen LogP contribution in [0.1, 0.15) is 39.0 Å². The van der Waals surface area contributed by atoms with Crippen LogP contribution in [0.5, 0.6) is 0 Å². The van der Waals surface area contributed by atoms with Gasteiger partial charge in [0.05, 0.1) is 0 Å². The second-order valence-corrected chi connectivity index (χ2v) is 4.49. The normalized spacial score (nSPS) is 17.5. The molecule has 0 heterocycles. The van der Waals surface area contributed by atoms with Crippen molar-refractivity contribution in [1.82, 2.24) is 0 Å². The molecule has 0 radical (unpaired) electrons. The van der Waals surface area contributed by atoms with Gasteiger partial charge in [0.2, 0.25) is 0 Å². The second-order valence-electron chi connectivity index (χ2n) is 4.49. The Balaban J connectivity index is 4.26. The van der Waals surface area contributed by atoms with Crippen LogP contribution < -0.4 is 0 Å². The standard InChI is InChI=1S/C12H22O7/c1-2-3-4-5-6-7(13)8(14)9(15)10(16)11(17)12(18)19/h8-11,14-17H,2-6H2,1H3,(H,18,19)/t8-,9+,10+,11-/m0/s1. The van der Waals surface area contributed by atoms with E-state index < -0.39 is 36.2 Å². The van der Waals surface area contributed by atoms with E-state index in [2.05, 4.69) is 0 Å². The number of aliphatic carboxylic acids is 1. The second kappa shape index (κ2) is 8.98. The summed E-state index contributed by atoms with van der Waals surface area (Å²) in [5.74, 6) is -2.42. The van der Waals surface area contributed by atoms with Gasteiger partial charge in [-0.2, -0.15) is 0 Å². The summed E-state index contributed by atoms with van der Waals surface area (Å²) in [5, 5.41) is 45.7. The van der Waals surface area contributed by atoms with E-state index in [4.69, 9.17) is 10.2 Å². The molecule has 0 aromatic heterocycles. The highest BCUT2D eigenvalue weighted by Gasteiger charge is 2.36. The van der Waals surface area contributed by atoms with Crippen molar-refractivity contribution >= 4 is 11.8 Å². The zero-order valence-electron chi connectivity index (χ0n) is 10.9. The molecular weight excluding hydrogens is 256 g/mol. The summed E-state index contributed by atoms with van der Waals surface area (Å²) in [4.78, 5) is 21.9. The van der Waals surface area contributed by atoms with Crippen LogP contribution in [0, 0.1) is 0 Å². The molecule has 0 saturated carbocycles. The Bertz CT molecular complexity index is 292. The maximum absolute atomic E-state index is 11.5. The van der Waals surface area contributed by atoms with E-state index >= 15 is 0 Å². The zero-order valence-corrected chi connectivity index (χ0v) is 10.9. The number of rotatable bonds is 10. The number of aliphatic hydroxyl groups is 4. The predicted octanol–water partition coefficient (Wildman–Crippen LogP) is -0.946. The first kappa shape index (κ1) is 18.0. The van der Waals surface area contributed by atoms with Crippen molar-refractivity contribution < 1.29 is 35.1 Å². The van der Waals surface area contributed by atoms with E-state index in [1.165, 1.54) is 0 Å². The highest BCUT2D eigenvalue weighted by Crippen LogP contribution is 2.10. The van der Waals surface area contributed by atoms with E-state index in [-0.39, 0.29) is 6.42 Å². The Morgan fingerprint density at radius 3 is 1.89 bits per heavy atom. The molecule has 7 nitrogen and oxygen atoms in total. The van der Waals surface area contributed by atoms with Crippen LogP contribution >= 0.6 is 0 Å².